The average Bonchev–Trinajstić information content (AvgIpc) is 3.70. The lowest BCUT2D eigenvalue weighted by molar-refractivity contribution is -0.143. The van der Waals surface area contributed by atoms with E-state index in [9.17, 15) is 14.4 Å². The highest BCUT2D eigenvalue weighted by atomic mass is 32.2. The summed E-state index contributed by atoms with van der Waals surface area (Å²) < 4.78 is 12.4. The van der Waals surface area contributed by atoms with Crippen LogP contribution in [0.25, 0.3) is 0 Å². The van der Waals surface area contributed by atoms with Crippen LogP contribution in [0.4, 0.5) is 5.69 Å². The van der Waals surface area contributed by atoms with Crippen LogP contribution in [0.2, 0.25) is 0 Å². The third kappa shape index (κ3) is 4.60. The Hall–Kier alpha value is -2.36. The molecule has 4 aliphatic heterocycles. The topological polar surface area (TPSA) is 97.0 Å². The monoisotopic (exact) mass is 553 g/mol. The zero-order chi connectivity index (χ0) is 27.3. The van der Waals surface area contributed by atoms with Gasteiger partial charge in [0.05, 0.1) is 24.0 Å². The number of hydrogen-bond acceptors (Lipinski definition) is 6. The van der Waals surface area contributed by atoms with Crippen molar-refractivity contribution in [3.8, 4) is 0 Å². The Labute approximate surface area is 234 Å². The standard InChI is InChI=1S/C30H39N3O5S/c1-17-7-4-11-22(18(17)2)32-28(35)26-30-13-12-23(38-30)24(27(34)31-19-8-5-10-21(15-19)39-3)25(30)29(36)33(26)16-20-9-6-14-37-20/h5,8,10,12-13,15,17-18,20,22-26H,4,6-7,9,11,14,16H2,1-3H3,(H,31,34)(H,32,35)/t17?,18?,20?,22?,23-,24?,25-,26?,30?/m0/s1. The van der Waals surface area contributed by atoms with Crippen molar-refractivity contribution in [2.45, 2.75) is 80.7 Å². The van der Waals surface area contributed by atoms with Gasteiger partial charge in [0, 0.05) is 29.8 Å². The number of anilines is 1. The summed E-state index contributed by atoms with van der Waals surface area (Å²) in [7, 11) is 0. The summed E-state index contributed by atoms with van der Waals surface area (Å²) in [6.07, 6.45) is 10.0. The summed E-state index contributed by atoms with van der Waals surface area (Å²) in [6, 6.07) is 6.88. The molecule has 8 nitrogen and oxygen atoms in total. The first kappa shape index (κ1) is 26.8. The van der Waals surface area contributed by atoms with Crippen LogP contribution in [-0.4, -0.2) is 71.9 Å². The van der Waals surface area contributed by atoms with Crippen LogP contribution in [0.5, 0.6) is 0 Å². The SMILES string of the molecule is CSc1cccc(NC(=O)C2[C@@H]3C=CC4(O3)C(C(=O)NC3CCCC(C)C3C)N(CC3CCCO3)C(=O)[C@H]24)c1. The smallest absolute Gasteiger partial charge is 0.246 e. The van der Waals surface area contributed by atoms with E-state index in [4.69, 9.17) is 9.47 Å². The lowest BCUT2D eigenvalue weighted by Gasteiger charge is -2.38. The molecule has 4 fully saturated rings. The number of hydrogen-bond donors (Lipinski definition) is 2. The van der Waals surface area contributed by atoms with Gasteiger partial charge in [0.25, 0.3) is 0 Å². The fraction of sp³-hybridized carbons (Fsp3) is 0.633. The number of nitrogens with zero attached hydrogens (tertiary/aromatic N) is 1. The van der Waals surface area contributed by atoms with E-state index >= 15 is 0 Å². The molecule has 0 radical (unpaired) electrons. The van der Waals surface area contributed by atoms with E-state index < -0.39 is 29.6 Å². The lowest BCUT2D eigenvalue weighted by atomic mass is 9.73. The summed E-state index contributed by atoms with van der Waals surface area (Å²) in [5, 5.41) is 6.33. The van der Waals surface area contributed by atoms with E-state index in [2.05, 4.69) is 24.5 Å². The molecule has 3 saturated heterocycles. The lowest BCUT2D eigenvalue weighted by Crippen LogP contribution is -2.58. The van der Waals surface area contributed by atoms with Gasteiger partial charge in [0.15, 0.2) is 0 Å². The predicted octanol–water partition coefficient (Wildman–Crippen LogP) is 3.62. The van der Waals surface area contributed by atoms with Crippen LogP contribution in [0.1, 0.15) is 46.0 Å². The normalized spacial score (nSPS) is 38.7. The molecule has 0 aromatic heterocycles. The highest BCUT2D eigenvalue weighted by molar-refractivity contribution is 7.98. The zero-order valence-electron chi connectivity index (χ0n) is 22.9. The number of ether oxygens (including phenoxy) is 2. The molecule has 5 aliphatic rings. The molecule has 4 heterocycles. The maximum atomic E-state index is 14.1. The summed E-state index contributed by atoms with van der Waals surface area (Å²) >= 11 is 1.60. The number of carbonyl (C=O) groups excluding carboxylic acids is 3. The Morgan fingerprint density at radius 1 is 1.15 bits per heavy atom. The van der Waals surface area contributed by atoms with Crippen molar-refractivity contribution in [2.24, 2.45) is 23.7 Å². The van der Waals surface area contributed by atoms with Gasteiger partial charge in [0.2, 0.25) is 17.7 Å². The van der Waals surface area contributed by atoms with E-state index in [0.29, 0.717) is 30.7 Å². The average molecular weight is 554 g/mol. The molecule has 1 aromatic carbocycles. The minimum atomic E-state index is -1.16. The largest absolute Gasteiger partial charge is 0.376 e. The van der Waals surface area contributed by atoms with Crippen molar-refractivity contribution in [1.29, 1.82) is 0 Å². The van der Waals surface area contributed by atoms with Crippen molar-refractivity contribution < 1.29 is 23.9 Å². The van der Waals surface area contributed by atoms with Crippen molar-refractivity contribution in [3.05, 3.63) is 36.4 Å². The minimum Gasteiger partial charge on any atom is -0.376 e. The fourth-order valence-electron chi connectivity index (χ4n) is 7.45. The van der Waals surface area contributed by atoms with Gasteiger partial charge in [-0.2, -0.15) is 0 Å². The maximum absolute atomic E-state index is 14.1. The number of likely N-dealkylation sites (tertiary alicyclic amines) is 1. The predicted molar refractivity (Wildman–Crippen MR) is 149 cm³/mol. The summed E-state index contributed by atoms with van der Waals surface area (Å²) in [5.74, 6) is -1.22. The molecular weight excluding hydrogens is 514 g/mol. The molecule has 1 aromatic rings. The molecule has 9 heteroatoms. The number of nitrogens with one attached hydrogen (secondary N) is 2. The van der Waals surface area contributed by atoms with E-state index in [1.54, 1.807) is 16.7 Å². The van der Waals surface area contributed by atoms with Gasteiger partial charge in [-0.25, -0.2) is 0 Å². The molecule has 6 rings (SSSR count). The van der Waals surface area contributed by atoms with Gasteiger partial charge in [-0.15, -0.1) is 11.8 Å². The van der Waals surface area contributed by atoms with Crippen molar-refractivity contribution in [1.82, 2.24) is 10.2 Å². The number of benzene rings is 1. The molecule has 7 unspecified atom stereocenters. The van der Waals surface area contributed by atoms with Crippen molar-refractivity contribution in [2.75, 3.05) is 24.7 Å². The quantitative estimate of drug-likeness (QED) is 0.396. The highest BCUT2D eigenvalue weighted by Crippen LogP contribution is 2.55. The van der Waals surface area contributed by atoms with E-state index in [0.717, 1.165) is 37.0 Å². The Morgan fingerprint density at radius 3 is 2.77 bits per heavy atom. The summed E-state index contributed by atoms with van der Waals surface area (Å²) in [5.41, 5.74) is -0.471. The van der Waals surface area contributed by atoms with Crippen LogP contribution < -0.4 is 10.6 Å². The van der Waals surface area contributed by atoms with Crippen LogP contribution >= 0.6 is 11.8 Å². The minimum absolute atomic E-state index is 0.0572. The fourth-order valence-corrected chi connectivity index (χ4v) is 7.90. The Kier molecular flexibility index (Phi) is 7.27. The van der Waals surface area contributed by atoms with Gasteiger partial charge in [-0.3, -0.25) is 14.4 Å². The Bertz CT molecular complexity index is 1170. The van der Waals surface area contributed by atoms with Crippen LogP contribution in [0.15, 0.2) is 41.3 Å². The van der Waals surface area contributed by atoms with Gasteiger partial charge < -0.3 is 25.0 Å². The second kappa shape index (κ2) is 10.6. The second-order valence-electron chi connectivity index (χ2n) is 11.9. The maximum Gasteiger partial charge on any atom is 0.246 e. The number of fused-ring (bicyclic) bond motifs is 1. The molecule has 1 aliphatic carbocycles. The second-order valence-corrected chi connectivity index (χ2v) is 12.8. The third-order valence-electron chi connectivity index (χ3n) is 9.72. The van der Waals surface area contributed by atoms with Crippen LogP contribution in [-0.2, 0) is 23.9 Å². The summed E-state index contributed by atoms with van der Waals surface area (Å²) in [4.78, 5) is 44.6. The zero-order valence-corrected chi connectivity index (χ0v) is 23.7. The molecule has 1 saturated carbocycles. The van der Waals surface area contributed by atoms with E-state index in [1.807, 2.05) is 42.7 Å². The Balaban J connectivity index is 1.29. The first-order chi connectivity index (χ1) is 18.8. The van der Waals surface area contributed by atoms with E-state index in [1.165, 1.54) is 0 Å². The highest BCUT2D eigenvalue weighted by Gasteiger charge is 2.73. The Morgan fingerprint density at radius 2 is 2.00 bits per heavy atom. The first-order valence-corrected chi connectivity index (χ1v) is 15.6. The van der Waals surface area contributed by atoms with Crippen LogP contribution in [0, 0.1) is 23.7 Å². The molecule has 39 heavy (non-hydrogen) atoms. The molecule has 3 amide bonds. The molecule has 9 atom stereocenters. The third-order valence-corrected chi connectivity index (χ3v) is 10.4. The van der Waals surface area contributed by atoms with Gasteiger partial charge in [-0.1, -0.05) is 44.9 Å². The molecule has 2 N–H and O–H groups in total. The summed E-state index contributed by atoms with van der Waals surface area (Å²) in [6.45, 7) is 5.43. The van der Waals surface area contributed by atoms with Gasteiger partial charge >= 0.3 is 0 Å². The van der Waals surface area contributed by atoms with Crippen LogP contribution in [0.3, 0.4) is 0 Å². The first-order valence-electron chi connectivity index (χ1n) is 14.4. The van der Waals surface area contributed by atoms with Crippen molar-refractivity contribution in [3.63, 3.8) is 0 Å². The number of thioether (sulfide) groups is 1. The number of carbonyl (C=O) groups is 3. The molecule has 1 spiro atoms. The molecule has 2 bridgehead atoms. The number of amides is 3. The van der Waals surface area contributed by atoms with E-state index in [-0.39, 0.29) is 29.9 Å². The molecule has 210 valence electrons. The molecular formula is C30H39N3O5S. The van der Waals surface area contributed by atoms with Crippen molar-refractivity contribution >= 4 is 35.2 Å². The number of rotatable bonds is 7. The van der Waals surface area contributed by atoms with Gasteiger partial charge in [0.1, 0.15) is 11.6 Å². The van der Waals surface area contributed by atoms with Gasteiger partial charge in [-0.05, 0) is 55.6 Å².